The second-order valence-corrected chi connectivity index (χ2v) is 11.3. The molecular weight excluding hydrogens is 645 g/mol. The van der Waals surface area contributed by atoms with Crippen molar-refractivity contribution in [3.8, 4) is 17.1 Å². The van der Waals surface area contributed by atoms with Crippen LogP contribution in [0, 0.1) is 15.9 Å². The smallest absolute Gasteiger partial charge is 0.338 e. The molecule has 0 fully saturated rings. The van der Waals surface area contributed by atoms with Gasteiger partial charge in [0.05, 0.1) is 45.0 Å². The summed E-state index contributed by atoms with van der Waals surface area (Å²) in [6.45, 7) is 3.85. The van der Waals surface area contributed by atoms with Crippen molar-refractivity contribution in [2.24, 2.45) is 4.99 Å². The molecule has 0 N–H and O–H groups in total. The number of hydrogen-bond acceptors (Lipinski definition) is 9. The van der Waals surface area contributed by atoms with Crippen LogP contribution in [0.25, 0.3) is 17.4 Å². The predicted molar refractivity (Wildman–Crippen MR) is 161 cm³/mol. The number of fused-ring (bicyclic) bond motifs is 1. The van der Waals surface area contributed by atoms with Crippen molar-refractivity contribution < 1.29 is 28.0 Å². The zero-order valence-electron chi connectivity index (χ0n) is 23.3. The summed E-state index contributed by atoms with van der Waals surface area (Å²) in [4.78, 5) is 42.8. The molecule has 10 nitrogen and oxygen atoms in total. The Labute approximate surface area is 256 Å². The van der Waals surface area contributed by atoms with Crippen molar-refractivity contribution >= 4 is 45.0 Å². The first-order valence-electron chi connectivity index (χ1n) is 13.3. The number of nitro benzene ring substituents is 1. The highest BCUT2D eigenvalue weighted by molar-refractivity contribution is 9.10. The van der Waals surface area contributed by atoms with Gasteiger partial charge in [-0.1, -0.05) is 30.7 Å². The summed E-state index contributed by atoms with van der Waals surface area (Å²) < 4.78 is 32.9. The second-order valence-electron chi connectivity index (χ2n) is 9.43. The van der Waals surface area contributed by atoms with Gasteiger partial charge in [0.15, 0.2) is 4.80 Å². The van der Waals surface area contributed by atoms with Crippen molar-refractivity contribution in [1.82, 2.24) is 4.57 Å². The van der Waals surface area contributed by atoms with E-state index < -0.39 is 34.0 Å². The van der Waals surface area contributed by atoms with Crippen LogP contribution in [0.4, 0.5) is 10.1 Å². The van der Waals surface area contributed by atoms with E-state index in [1.165, 1.54) is 10.6 Å². The summed E-state index contributed by atoms with van der Waals surface area (Å²) in [5, 5.41) is 11.2. The quantitative estimate of drug-likeness (QED) is 0.128. The largest absolute Gasteiger partial charge is 0.496 e. The number of rotatable bonds is 9. The lowest BCUT2D eigenvalue weighted by Crippen LogP contribution is -2.40. The Kier molecular flexibility index (Phi) is 8.74. The van der Waals surface area contributed by atoms with Gasteiger partial charge in [0.2, 0.25) is 5.82 Å². The van der Waals surface area contributed by atoms with Crippen molar-refractivity contribution in [1.29, 1.82) is 0 Å². The van der Waals surface area contributed by atoms with E-state index in [4.69, 9.17) is 18.9 Å². The SMILES string of the molecule is CCCC1=C(C(=O)OCC)[C@@H](c2ccc(OC)c(Br)c2)n2c(s/c(=C\c3ccc(-c4ccc(F)c([N+](=O)[O-])c4)o3)c2=O)=N1. The molecule has 4 aromatic rings. The highest BCUT2D eigenvalue weighted by Crippen LogP contribution is 2.36. The maximum absolute atomic E-state index is 13.9. The first-order chi connectivity index (χ1) is 20.7. The number of nitro groups is 1. The second kappa shape index (κ2) is 12.5. The lowest BCUT2D eigenvalue weighted by atomic mass is 9.94. The Hall–Kier alpha value is -4.36. The molecule has 0 unspecified atom stereocenters. The molecular formula is C30H25BrFN3O7S. The van der Waals surface area contributed by atoms with E-state index in [0.717, 1.165) is 23.5 Å². The molecule has 13 heteroatoms. The normalized spacial score (nSPS) is 14.8. The number of allylic oxidation sites excluding steroid dienone is 1. The highest BCUT2D eigenvalue weighted by atomic mass is 79.9. The summed E-state index contributed by atoms with van der Waals surface area (Å²) in [6.07, 6.45) is 2.75. The van der Waals surface area contributed by atoms with E-state index in [-0.39, 0.29) is 17.9 Å². The molecule has 0 saturated heterocycles. The van der Waals surface area contributed by atoms with Gasteiger partial charge >= 0.3 is 11.7 Å². The molecule has 222 valence electrons. The van der Waals surface area contributed by atoms with Crippen LogP contribution in [0.15, 0.2) is 78.5 Å². The highest BCUT2D eigenvalue weighted by Gasteiger charge is 2.34. The average Bonchev–Trinajstić information content (AvgIpc) is 3.57. The van der Waals surface area contributed by atoms with E-state index in [9.17, 15) is 24.1 Å². The Bertz CT molecular complexity index is 1960. The fourth-order valence-corrected chi connectivity index (χ4v) is 6.37. The zero-order chi connectivity index (χ0) is 30.8. The zero-order valence-corrected chi connectivity index (χ0v) is 25.7. The number of benzene rings is 2. The van der Waals surface area contributed by atoms with Gasteiger partial charge in [-0.15, -0.1) is 0 Å². The van der Waals surface area contributed by atoms with Gasteiger partial charge in [0.25, 0.3) is 5.56 Å². The van der Waals surface area contributed by atoms with Gasteiger partial charge < -0.3 is 13.9 Å². The van der Waals surface area contributed by atoms with E-state index in [2.05, 4.69) is 15.9 Å². The Balaban J connectivity index is 1.66. The van der Waals surface area contributed by atoms with Crippen LogP contribution in [0.1, 0.15) is 44.1 Å². The van der Waals surface area contributed by atoms with Gasteiger partial charge in [-0.05, 0) is 71.2 Å². The lowest BCUT2D eigenvalue weighted by molar-refractivity contribution is -0.387. The molecule has 0 amide bonds. The first kappa shape index (κ1) is 30.1. The maximum atomic E-state index is 13.9. The number of furan rings is 1. The number of ether oxygens (including phenoxy) is 2. The maximum Gasteiger partial charge on any atom is 0.338 e. The molecule has 0 saturated carbocycles. The minimum absolute atomic E-state index is 0.156. The predicted octanol–water partition coefficient (Wildman–Crippen LogP) is 5.66. The third kappa shape index (κ3) is 5.82. The first-order valence-corrected chi connectivity index (χ1v) is 14.9. The Morgan fingerprint density at radius 3 is 2.70 bits per heavy atom. The minimum atomic E-state index is -0.954. The average molecular weight is 671 g/mol. The summed E-state index contributed by atoms with van der Waals surface area (Å²) in [6, 6.07) is 11.2. The number of carbonyl (C=O) groups excluding carboxylic acids is 1. The van der Waals surface area contributed by atoms with E-state index >= 15 is 0 Å². The molecule has 43 heavy (non-hydrogen) atoms. The number of carbonyl (C=O) groups is 1. The summed E-state index contributed by atoms with van der Waals surface area (Å²) in [5.41, 5.74) is 0.733. The van der Waals surface area contributed by atoms with Crippen molar-refractivity contribution in [2.45, 2.75) is 32.7 Å². The van der Waals surface area contributed by atoms with Gasteiger partial charge in [-0.2, -0.15) is 4.39 Å². The summed E-state index contributed by atoms with van der Waals surface area (Å²) >= 11 is 4.65. The van der Waals surface area contributed by atoms with Crippen LogP contribution in [0.5, 0.6) is 5.75 Å². The molecule has 1 aliphatic rings. The summed E-state index contributed by atoms with van der Waals surface area (Å²) in [5.74, 6) is -0.353. The van der Waals surface area contributed by atoms with Crippen LogP contribution < -0.4 is 19.6 Å². The van der Waals surface area contributed by atoms with Gasteiger partial charge in [0.1, 0.15) is 17.3 Å². The number of halogens is 2. The van der Waals surface area contributed by atoms with Crippen LogP contribution in [-0.4, -0.2) is 29.2 Å². The van der Waals surface area contributed by atoms with Crippen LogP contribution >= 0.6 is 27.3 Å². The Morgan fingerprint density at radius 2 is 2.02 bits per heavy atom. The molecule has 0 radical (unpaired) electrons. The third-order valence-corrected chi connectivity index (χ3v) is 8.31. The van der Waals surface area contributed by atoms with Crippen molar-refractivity contribution in [2.75, 3.05) is 13.7 Å². The molecule has 2 aromatic carbocycles. The van der Waals surface area contributed by atoms with Crippen LogP contribution in [0.2, 0.25) is 0 Å². The fraction of sp³-hybridized carbons (Fsp3) is 0.233. The Morgan fingerprint density at radius 1 is 1.23 bits per heavy atom. The molecule has 1 aliphatic heterocycles. The van der Waals surface area contributed by atoms with E-state index in [1.54, 1.807) is 50.4 Å². The topological polar surface area (TPSA) is 126 Å². The number of esters is 1. The molecule has 0 spiro atoms. The van der Waals surface area contributed by atoms with Gasteiger partial charge in [-0.3, -0.25) is 19.5 Å². The number of thiazole rings is 1. The lowest BCUT2D eigenvalue weighted by Gasteiger charge is -2.26. The molecule has 2 aromatic heterocycles. The van der Waals surface area contributed by atoms with Gasteiger partial charge in [-0.25, -0.2) is 9.79 Å². The fourth-order valence-electron chi connectivity index (χ4n) is 4.81. The number of nitrogens with zero attached hydrogens (tertiary/aromatic N) is 3. The number of hydrogen-bond donors (Lipinski definition) is 0. The molecule has 0 aliphatic carbocycles. The van der Waals surface area contributed by atoms with E-state index in [1.807, 2.05) is 6.92 Å². The van der Waals surface area contributed by atoms with Crippen LogP contribution in [0.3, 0.4) is 0 Å². The van der Waals surface area contributed by atoms with E-state index in [0.29, 0.717) is 55.0 Å². The minimum Gasteiger partial charge on any atom is -0.496 e. The van der Waals surface area contributed by atoms with Crippen LogP contribution in [-0.2, 0) is 9.53 Å². The molecule has 5 rings (SSSR count). The number of methoxy groups -OCH3 is 1. The molecule has 1 atom stereocenters. The van der Waals surface area contributed by atoms with Crippen molar-refractivity contribution in [3.63, 3.8) is 0 Å². The molecule has 0 bridgehead atoms. The number of aromatic nitrogens is 1. The standard InChI is InChI=1S/C30H25BrFN3O7S/c1-4-6-21-26(29(37)41-5-2)27(17-8-11-24(40-3)19(31)13-17)34-28(36)25(43-30(34)33-21)15-18-9-12-23(42-18)16-7-10-20(32)22(14-16)35(38)39/h7-15,27H,4-6H2,1-3H3/b25-15-/t27-/m1/s1. The van der Waals surface area contributed by atoms with Gasteiger partial charge in [0, 0.05) is 17.7 Å². The third-order valence-electron chi connectivity index (χ3n) is 6.71. The summed E-state index contributed by atoms with van der Waals surface area (Å²) in [7, 11) is 1.55. The molecule has 3 heterocycles. The van der Waals surface area contributed by atoms with Crippen molar-refractivity contribution in [3.05, 3.63) is 111 Å². The monoisotopic (exact) mass is 669 g/mol.